The van der Waals surface area contributed by atoms with Gasteiger partial charge >= 0.3 is 0 Å². The van der Waals surface area contributed by atoms with Gasteiger partial charge in [-0.25, -0.2) is 0 Å². The fourth-order valence-electron chi connectivity index (χ4n) is 1.55. The van der Waals surface area contributed by atoms with Crippen molar-refractivity contribution in [3.05, 3.63) is 44.3 Å². The first-order valence-corrected chi connectivity index (χ1v) is 6.84. The highest BCUT2D eigenvalue weighted by molar-refractivity contribution is 7.12. The molecule has 0 radical (unpaired) electrons. The van der Waals surface area contributed by atoms with Crippen LogP contribution in [-0.4, -0.2) is 0 Å². The average molecular weight is 237 g/mol. The SMILES string of the molecule is Cc1ccc(C(N)CCc2ccsc2)s1. The lowest BCUT2D eigenvalue weighted by molar-refractivity contribution is 0.663. The van der Waals surface area contributed by atoms with Crippen LogP contribution in [0.1, 0.15) is 27.8 Å². The van der Waals surface area contributed by atoms with Gasteiger partial charge in [0.1, 0.15) is 0 Å². The maximum absolute atomic E-state index is 6.14. The standard InChI is InChI=1S/C12H15NS2/c1-9-2-5-12(15-9)11(13)4-3-10-6-7-14-8-10/h2,5-8,11H,3-4,13H2,1H3. The van der Waals surface area contributed by atoms with Gasteiger partial charge in [0.05, 0.1) is 0 Å². The fraction of sp³-hybridized carbons (Fsp3) is 0.333. The van der Waals surface area contributed by atoms with Crippen LogP contribution >= 0.6 is 22.7 Å². The monoisotopic (exact) mass is 237 g/mol. The van der Waals surface area contributed by atoms with E-state index in [1.54, 1.807) is 11.3 Å². The highest BCUT2D eigenvalue weighted by atomic mass is 32.1. The molecule has 1 atom stereocenters. The average Bonchev–Trinajstić information content (AvgIpc) is 2.84. The molecule has 0 fully saturated rings. The maximum Gasteiger partial charge on any atom is 0.0393 e. The van der Waals surface area contributed by atoms with Gasteiger partial charge in [0.25, 0.3) is 0 Å². The Kier molecular flexibility index (Phi) is 3.57. The zero-order valence-corrected chi connectivity index (χ0v) is 10.4. The number of thiophene rings is 2. The molecule has 2 heterocycles. The van der Waals surface area contributed by atoms with Crippen molar-refractivity contribution in [1.82, 2.24) is 0 Å². The molecule has 2 aromatic heterocycles. The molecule has 0 amide bonds. The van der Waals surface area contributed by atoms with Crippen LogP contribution in [0.5, 0.6) is 0 Å². The molecule has 2 N–H and O–H groups in total. The lowest BCUT2D eigenvalue weighted by atomic mass is 10.1. The van der Waals surface area contributed by atoms with E-state index in [1.165, 1.54) is 15.3 Å². The molecule has 2 aromatic rings. The first-order chi connectivity index (χ1) is 7.25. The second kappa shape index (κ2) is 4.92. The van der Waals surface area contributed by atoms with Crippen molar-refractivity contribution in [3.63, 3.8) is 0 Å². The van der Waals surface area contributed by atoms with Crippen molar-refractivity contribution >= 4 is 22.7 Å². The predicted molar refractivity (Wildman–Crippen MR) is 68.6 cm³/mol. The Morgan fingerprint density at radius 3 is 2.80 bits per heavy atom. The minimum Gasteiger partial charge on any atom is -0.323 e. The summed E-state index contributed by atoms with van der Waals surface area (Å²) in [5, 5.41) is 4.32. The Bertz CT molecular complexity index is 403. The highest BCUT2D eigenvalue weighted by Crippen LogP contribution is 2.24. The quantitative estimate of drug-likeness (QED) is 0.861. The molecule has 2 rings (SSSR count). The van der Waals surface area contributed by atoms with E-state index >= 15 is 0 Å². The molecule has 0 spiro atoms. The molecule has 80 valence electrons. The van der Waals surface area contributed by atoms with E-state index in [1.807, 2.05) is 11.3 Å². The van der Waals surface area contributed by atoms with Gasteiger partial charge in [-0.3, -0.25) is 0 Å². The molecule has 0 aliphatic rings. The van der Waals surface area contributed by atoms with E-state index in [0.29, 0.717) is 0 Å². The van der Waals surface area contributed by atoms with Crippen LogP contribution in [0.25, 0.3) is 0 Å². The van der Waals surface area contributed by atoms with Crippen LogP contribution in [0, 0.1) is 6.92 Å². The molecular weight excluding hydrogens is 222 g/mol. The first kappa shape index (κ1) is 10.9. The Hall–Kier alpha value is -0.640. The smallest absolute Gasteiger partial charge is 0.0393 e. The summed E-state index contributed by atoms with van der Waals surface area (Å²) in [6.07, 6.45) is 2.12. The van der Waals surface area contributed by atoms with Gasteiger partial charge in [-0.2, -0.15) is 11.3 Å². The van der Waals surface area contributed by atoms with Gasteiger partial charge in [0.15, 0.2) is 0 Å². The molecular formula is C12H15NS2. The van der Waals surface area contributed by atoms with E-state index < -0.39 is 0 Å². The van der Waals surface area contributed by atoms with Gasteiger partial charge in [-0.05, 0) is 54.3 Å². The van der Waals surface area contributed by atoms with Crippen LogP contribution in [-0.2, 0) is 6.42 Å². The lowest BCUT2D eigenvalue weighted by Gasteiger charge is -2.08. The van der Waals surface area contributed by atoms with Crippen LogP contribution < -0.4 is 5.73 Å². The molecule has 0 aliphatic carbocycles. The third-order valence-corrected chi connectivity index (χ3v) is 4.32. The molecule has 0 saturated heterocycles. The van der Waals surface area contributed by atoms with Crippen LogP contribution in [0.2, 0.25) is 0 Å². The second-order valence-electron chi connectivity index (χ2n) is 3.73. The molecule has 0 aromatic carbocycles. The summed E-state index contributed by atoms with van der Waals surface area (Å²) < 4.78 is 0. The first-order valence-electron chi connectivity index (χ1n) is 5.08. The molecule has 3 heteroatoms. The second-order valence-corrected chi connectivity index (χ2v) is 5.82. The molecule has 0 saturated carbocycles. The number of aryl methyl sites for hydroxylation is 2. The van der Waals surface area contributed by atoms with Crippen LogP contribution in [0.15, 0.2) is 29.0 Å². The Labute approximate surface area is 98.6 Å². The highest BCUT2D eigenvalue weighted by Gasteiger charge is 2.08. The third-order valence-electron chi connectivity index (χ3n) is 2.45. The number of rotatable bonds is 4. The van der Waals surface area contributed by atoms with Crippen molar-refractivity contribution in [3.8, 4) is 0 Å². The largest absolute Gasteiger partial charge is 0.323 e. The summed E-state index contributed by atoms with van der Waals surface area (Å²) in [5.41, 5.74) is 7.54. The van der Waals surface area contributed by atoms with E-state index in [4.69, 9.17) is 5.73 Å². The van der Waals surface area contributed by atoms with Crippen LogP contribution in [0.3, 0.4) is 0 Å². The zero-order chi connectivity index (χ0) is 10.7. The number of nitrogens with two attached hydrogens (primary N) is 1. The van der Waals surface area contributed by atoms with Crippen LogP contribution in [0.4, 0.5) is 0 Å². The van der Waals surface area contributed by atoms with Crippen molar-refractivity contribution in [2.24, 2.45) is 5.73 Å². The van der Waals surface area contributed by atoms with Gasteiger partial charge in [0, 0.05) is 15.8 Å². The molecule has 15 heavy (non-hydrogen) atoms. The summed E-state index contributed by atoms with van der Waals surface area (Å²) >= 11 is 3.56. The third kappa shape index (κ3) is 2.91. The van der Waals surface area contributed by atoms with E-state index in [9.17, 15) is 0 Å². The Morgan fingerprint density at radius 1 is 1.33 bits per heavy atom. The van der Waals surface area contributed by atoms with E-state index in [2.05, 4.69) is 35.9 Å². The van der Waals surface area contributed by atoms with Gasteiger partial charge in [-0.15, -0.1) is 11.3 Å². The van der Waals surface area contributed by atoms with Crippen molar-refractivity contribution in [2.45, 2.75) is 25.8 Å². The minimum absolute atomic E-state index is 0.198. The lowest BCUT2D eigenvalue weighted by Crippen LogP contribution is -2.09. The van der Waals surface area contributed by atoms with Gasteiger partial charge < -0.3 is 5.73 Å². The molecule has 0 aliphatic heterocycles. The van der Waals surface area contributed by atoms with Crippen molar-refractivity contribution in [1.29, 1.82) is 0 Å². The Morgan fingerprint density at radius 2 is 2.20 bits per heavy atom. The molecule has 1 unspecified atom stereocenters. The number of hydrogen-bond donors (Lipinski definition) is 1. The van der Waals surface area contributed by atoms with Crippen molar-refractivity contribution < 1.29 is 0 Å². The molecule has 1 nitrogen and oxygen atoms in total. The topological polar surface area (TPSA) is 26.0 Å². The molecule has 0 bridgehead atoms. The van der Waals surface area contributed by atoms with Crippen molar-refractivity contribution in [2.75, 3.05) is 0 Å². The Balaban J connectivity index is 1.90. The van der Waals surface area contributed by atoms with E-state index in [-0.39, 0.29) is 6.04 Å². The van der Waals surface area contributed by atoms with Gasteiger partial charge in [0.2, 0.25) is 0 Å². The predicted octanol–water partition coefficient (Wildman–Crippen LogP) is 3.75. The zero-order valence-electron chi connectivity index (χ0n) is 8.77. The minimum atomic E-state index is 0.198. The summed E-state index contributed by atoms with van der Waals surface area (Å²) in [6, 6.07) is 6.67. The number of hydrogen-bond acceptors (Lipinski definition) is 3. The van der Waals surface area contributed by atoms with Gasteiger partial charge in [-0.1, -0.05) is 0 Å². The fourth-order valence-corrected chi connectivity index (χ4v) is 3.17. The maximum atomic E-state index is 6.14. The van der Waals surface area contributed by atoms with E-state index in [0.717, 1.165) is 12.8 Å². The summed E-state index contributed by atoms with van der Waals surface area (Å²) in [6.45, 7) is 2.12. The summed E-state index contributed by atoms with van der Waals surface area (Å²) in [7, 11) is 0. The summed E-state index contributed by atoms with van der Waals surface area (Å²) in [5.74, 6) is 0. The summed E-state index contributed by atoms with van der Waals surface area (Å²) in [4.78, 5) is 2.65. The normalized spacial score (nSPS) is 12.9.